The van der Waals surface area contributed by atoms with Gasteiger partial charge in [-0.05, 0) is 29.5 Å². The molecule has 2 rings (SSSR count). The summed E-state index contributed by atoms with van der Waals surface area (Å²) >= 11 is 0. The van der Waals surface area contributed by atoms with Gasteiger partial charge in [-0.3, -0.25) is 0 Å². The zero-order chi connectivity index (χ0) is 11.5. The summed E-state index contributed by atoms with van der Waals surface area (Å²) in [6.07, 6.45) is 0. The average molecular weight is 220 g/mol. The van der Waals surface area contributed by atoms with Crippen molar-refractivity contribution in [2.75, 3.05) is 12.3 Å². The molecule has 0 amide bonds. The fourth-order valence-corrected chi connectivity index (χ4v) is 1.31. The number of aromatic nitrogens is 5. The van der Waals surface area contributed by atoms with Gasteiger partial charge in [0.2, 0.25) is 5.82 Å². The van der Waals surface area contributed by atoms with Gasteiger partial charge in [-0.25, -0.2) is 9.67 Å². The van der Waals surface area contributed by atoms with E-state index >= 15 is 0 Å². The molecule has 0 saturated heterocycles. The molecule has 0 saturated carbocycles. The molecule has 2 aromatic rings. The van der Waals surface area contributed by atoms with Crippen molar-refractivity contribution in [2.24, 2.45) is 0 Å². The van der Waals surface area contributed by atoms with Gasteiger partial charge >= 0.3 is 0 Å². The molecule has 0 aliphatic heterocycles. The van der Waals surface area contributed by atoms with Crippen molar-refractivity contribution in [2.45, 2.75) is 13.0 Å². The number of nitrogens with two attached hydrogens (primary N) is 1. The number of pyridine rings is 1. The molecule has 7 nitrogen and oxygen atoms in total. The van der Waals surface area contributed by atoms with Crippen LogP contribution in [0.1, 0.15) is 13.0 Å². The summed E-state index contributed by atoms with van der Waals surface area (Å²) in [5.41, 5.74) is 6.17. The highest BCUT2D eigenvalue weighted by Crippen LogP contribution is 2.17. The highest BCUT2D eigenvalue weighted by Gasteiger charge is 2.14. The molecular formula is C9H12N6O. The summed E-state index contributed by atoms with van der Waals surface area (Å²) in [6.45, 7) is 1.77. The minimum Gasteiger partial charge on any atom is -0.394 e. The molecule has 0 radical (unpaired) electrons. The predicted molar refractivity (Wildman–Crippen MR) is 57.3 cm³/mol. The van der Waals surface area contributed by atoms with Crippen molar-refractivity contribution in [3.63, 3.8) is 0 Å². The number of aliphatic hydroxyl groups excluding tert-OH is 1. The molecule has 2 aromatic heterocycles. The lowest BCUT2D eigenvalue weighted by Gasteiger charge is -2.09. The molecule has 84 valence electrons. The molecular weight excluding hydrogens is 208 g/mol. The first kappa shape index (κ1) is 10.5. The Hall–Kier alpha value is -2.02. The monoisotopic (exact) mass is 220 g/mol. The van der Waals surface area contributed by atoms with Gasteiger partial charge in [0.15, 0.2) is 0 Å². The van der Waals surface area contributed by atoms with E-state index in [2.05, 4.69) is 20.5 Å². The van der Waals surface area contributed by atoms with Gasteiger partial charge in [0.1, 0.15) is 11.5 Å². The number of hydrogen-bond donors (Lipinski definition) is 2. The van der Waals surface area contributed by atoms with Gasteiger partial charge in [-0.1, -0.05) is 6.07 Å². The standard InChI is InChI=1S/C9H12N6O/c1-6(5-16)15-9(12-13-14-15)7-3-2-4-8(10)11-7/h2-4,6,16H,5H2,1H3,(H2,10,11)/t6-/m1/s1. The molecule has 2 heterocycles. The van der Waals surface area contributed by atoms with Crippen LogP contribution in [0.4, 0.5) is 5.82 Å². The quantitative estimate of drug-likeness (QED) is 0.747. The van der Waals surface area contributed by atoms with Crippen LogP contribution in [-0.2, 0) is 0 Å². The second-order valence-electron chi connectivity index (χ2n) is 3.43. The number of anilines is 1. The highest BCUT2D eigenvalue weighted by molar-refractivity contribution is 5.51. The number of nitrogen functional groups attached to an aromatic ring is 1. The fraction of sp³-hybridized carbons (Fsp3) is 0.333. The Balaban J connectivity index is 2.44. The largest absolute Gasteiger partial charge is 0.394 e. The second-order valence-corrected chi connectivity index (χ2v) is 3.43. The van der Waals surface area contributed by atoms with Crippen LogP contribution in [0.2, 0.25) is 0 Å². The predicted octanol–water partition coefficient (Wildman–Crippen LogP) is -0.129. The van der Waals surface area contributed by atoms with Crippen LogP contribution in [0.25, 0.3) is 11.5 Å². The summed E-state index contributed by atoms with van der Waals surface area (Å²) < 4.78 is 1.52. The molecule has 0 spiro atoms. The minimum atomic E-state index is -0.201. The van der Waals surface area contributed by atoms with Crippen molar-refractivity contribution in [1.29, 1.82) is 0 Å². The van der Waals surface area contributed by atoms with E-state index in [1.54, 1.807) is 18.2 Å². The number of aliphatic hydroxyl groups is 1. The Morgan fingerprint density at radius 3 is 3.00 bits per heavy atom. The Labute approximate surface area is 91.9 Å². The topological polar surface area (TPSA) is 103 Å². The van der Waals surface area contributed by atoms with Crippen LogP contribution in [0.15, 0.2) is 18.2 Å². The number of hydrogen-bond acceptors (Lipinski definition) is 6. The molecule has 0 fully saturated rings. The van der Waals surface area contributed by atoms with E-state index in [1.807, 2.05) is 6.92 Å². The highest BCUT2D eigenvalue weighted by atomic mass is 16.3. The van der Waals surface area contributed by atoms with E-state index in [4.69, 9.17) is 10.8 Å². The Morgan fingerprint density at radius 2 is 2.31 bits per heavy atom. The van der Waals surface area contributed by atoms with Crippen LogP contribution >= 0.6 is 0 Å². The van der Waals surface area contributed by atoms with Gasteiger partial charge in [-0.15, -0.1) is 5.10 Å². The maximum Gasteiger partial charge on any atom is 0.201 e. The Bertz CT molecular complexity index is 482. The summed E-state index contributed by atoms with van der Waals surface area (Å²) in [4.78, 5) is 4.13. The minimum absolute atomic E-state index is 0.0413. The van der Waals surface area contributed by atoms with E-state index in [-0.39, 0.29) is 12.6 Å². The summed E-state index contributed by atoms with van der Waals surface area (Å²) in [5, 5.41) is 20.3. The molecule has 3 N–H and O–H groups in total. The van der Waals surface area contributed by atoms with Crippen LogP contribution in [0, 0.1) is 0 Å². The SMILES string of the molecule is C[C@H](CO)n1nnnc1-c1cccc(N)n1. The number of tetrazole rings is 1. The second kappa shape index (κ2) is 4.23. The lowest BCUT2D eigenvalue weighted by atomic mass is 10.3. The van der Waals surface area contributed by atoms with E-state index < -0.39 is 0 Å². The maximum absolute atomic E-state index is 9.07. The molecule has 0 aliphatic rings. The van der Waals surface area contributed by atoms with Crippen molar-refractivity contribution < 1.29 is 5.11 Å². The normalized spacial score (nSPS) is 12.6. The van der Waals surface area contributed by atoms with E-state index in [0.29, 0.717) is 17.3 Å². The Morgan fingerprint density at radius 1 is 1.50 bits per heavy atom. The van der Waals surface area contributed by atoms with E-state index in [0.717, 1.165) is 0 Å². The van der Waals surface area contributed by atoms with Gasteiger partial charge in [0.25, 0.3) is 0 Å². The van der Waals surface area contributed by atoms with Crippen molar-refractivity contribution >= 4 is 5.82 Å². The van der Waals surface area contributed by atoms with Gasteiger partial charge in [0.05, 0.1) is 12.6 Å². The van der Waals surface area contributed by atoms with E-state index in [1.165, 1.54) is 4.68 Å². The summed E-state index contributed by atoms with van der Waals surface area (Å²) in [5.74, 6) is 0.901. The third-order valence-corrected chi connectivity index (χ3v) is 2.17. The van der Waals surface area contributed by atoms with Crippen molar-refractivity contribution in [3.05, 3.63) is 18.2 Å². The Kier molecular flexibility index (Phi) is 2.78. The third-order valence-electron chi connectivity index (χ3n) is 2.17. The number of nitrogens with zero attached hydrogens (tertiary/aromatic N) is 5. The van der Waals surface area contributed by atoms with Gasteiger partial charge in [-0.2, -0.15) is 0 Å². The van der Waals surface area contributed by atoms with Crippen molar-refractivity contribution in [3.8, 4) is 11.5 Å². The molecule has 0 aromatic carbocycles. The fourth-order valence-electron chi connectivity index (χ4n) is 1.31. The smallest absolute Gasteiger partial charge is 0.201 e. The van der Waals surface area contributed by atoms with Crippen LogP contribution in [0.5, 0.6) is 0 Å². The molecule has 7 heteroatoms. The zero-order valence-corrected chi connectivity index (χ0v) is 8.78. The first-order chi connectivity index (χ1) is 7.72. The van der Waals surface area contributed by atoms with Gasteiger partial charge < -0.3 is 10.8 Å². The maximum atomic E-state index is 9.07. The zero-order valence-electron chi connectivity index (χ0n) is 8.78. The lowest BCUT2D eigenvalue weighted by molar-refractivity contribution is 0.229. The van der Waals surface area contributed by atoms with Crippen LogP contribution in [-0.4, -0.2) is 36.9 Å². The van der Waals surface area contributed by atoms with Gasteiger partial charge in [0, 0.05) is 0 Å². The van der Waals surface area contributed by atoms with E-state index in [9.17, 15) is 0 Å². The van der Waals surface area contributed by atoms with Crippen molar-refractivity contribution in [1.82, 2.24) is 25.2 Å². The average Bonchev–Trinajstić information content (AvgIpc) is 2.77. The lowest BCUT2D eigenvalue weighted by Crippen LogP contribution is -2.13. The molecule has 16 heavy (non-hydrogen) atoms. The summed E-state index contributed by atoms with van der Waals surface area (Å²) in [7, 11) is 0. The first-order valence-corrected chi connectivity index (χ1v) is 4.84. The molecule has 1 atom stereocenters. The first-order valence-electron chi connectivity index (χ1n) is 4.84. The van der Waals surface area contributed by atoms with Crippen LogP contribution < -0.4 is 5.73 Å². The molecule has 0 unspecified atom stereocenters. The summed E-state index contributed by atoms with van der Waals surface area (Å²) in [6, 6.07) is 5.03. The van der Waals surface area contributed by atoms with Crippen LogP contribution in [0.3, 0.4) is 0 Å². The number of rotatable bonds is 3. The molecule has 0 aliphatic carbocycles. The third kappa shape index (κ3) is 1.84. The molecule has 0 bridgehead atoms.